The Morgan fingerprint density at radius 1 is 1.28 bits per heavy atom. The summed E-state index contributed by atoms with van der Waals surface area (Å²) in [7, 11) is 0. The normalized spacial score (nSPS) is 25.1. The first-order valence-corrected chi connectivity index (χ1v) is 9.31. The van der Waals surface area contributed by atoms with E-state index in [-0.39, 0.29) is 12.3 Å². The molecule has 2 rings (SSSR count). The molecule has 25 heavy (non-hydrogen) atoms. The van der Waals surface area contributed by atoms with E-state index in [4.69, 9.17) is 5.11 Å². The van der Waals surface area contributed by atoms with Gasteiger partial charge in [0.2, 0.25) is 0 Å². The van der Waals surface area contributed by atoms with E-state index >= 15 is 0 Å². The highest BCUT2D eigenvalue weighted by Crippen LogP contribution is 2.35. The van der Waals surface area contributed by atoms with Gasteiger partial charge in [-0.1, -0.05) is 48.9 Å². The SMILES string of the molecule is O=C(O)C[C@]1(O)CCC[C@H](/C=C/[C@H](O)CCCCc2ccccc2)C1. The zero-order valence-corrected chi connectivity index (χ0v) is 14.8. The lowest BCUT2D eigenvalue weighted by Gasteiger charge is -2.34. The van der Waals surface area contributed by atoms with Gasteiger partial charge in [-0.05, 0) is 56.4 Å². The highest BCUT2D eigenvalue weighted by Gasteiger charge is 2.35. The highest BCUT2D eigenvalue weighted by molar-refractivity contribution is 5.68. The van der Waals surface area contributed by atoms with E-state index in [9.17, 15) is 15.0 Å². The standard InChI is InChI=1S/C21H30O4/c22-19(11-5-4-9-17-7-2-1-3-8-17)13-12-18-10-6-14-21(25,15-18)16-20(23)24/h1-3,7-8,12-13,18-19,22,25H,4-6,9-11,14-16H2,(H,23,24)/b13-12+/t18-,19-,21+/m1/s1. The number of rotatable bonds is 9. The molecule has 0 aliphatic heterocycles. The third-order valence-corrected chi connectivity index (χ3v) is 5.00. The Labute approximate surface area is 150 Å². The van der Waals surface area contributed by atoms with E-state index < -0.39 is 17.7 Å². The Hall–Kier alpha value is -1.65. The summed E-state index contributed by atoms with van der Waals surface area (Å²) in [6.45, 7) is 0. The molecule has 4 nitrogen and oxygen atoms in total. The van der Waals surface area contributed by atoms with Gasteiger partial charge in [-0.3, -0.25) is 4.79 Å². The minimum atomic E-state index is -1.10. The van der Waals surface area contributed by atoms with Gasteiger partial charge in [0, 0.05) is 0 Å². The van der Waals surface area contributed by atoms with Crippen LogP contribution in [0.4, 0.5) is 0 Å². The number of unbranched alkanes of at least 4 members (excludes halogenated alkanes) is 1. The molecule has 0 radical (unpaired) electrons. The number of allylic oxidation sites excluding steroid dienone is 1. The molecule has 1 aliphatic rings. The summed E-state index contributed by atoms with van der Waals surface area (Å²) in [6, 6.07) is 10.3. The van der Waals surface area contributed by atoms with E-state index in [1.807, 2.05) is 30.4 Å². The Kier molecular flexibility index (Phi) is 7.66. The van der Waals surface area contributed by atoms with E-state index in [0.29, 0.717) is 12.8 Å². The fourth-order valence-electron chi connectivity index (χ4n) is 3.70. The number of hydrogen-bond acceptors (Lipinski definition) is 3. The van der Waals surface area contributed by atoms with Crippen LogP contribution in [0.3, 0.4) is 0 Å². The maximum atomic E-state index is 10.9. The van der Waals surface area contributed by atoms with Crippen molar-refractivity contribution in [3.05, 3.63) is 48.0 Å². The maximum absolute atomic E-state index is 10.9. The van der Waals surface area contributed by atoms with Crippen molar-refractivity contribution in [2.24, 2.45) is 5.92 Å². The van der Waals surface area contributed by atoms with Gasteiger partial charge in [-0.25, -0.2) is 0 Å². The minimum absolute atomic E-state index is 0.150. The minimum Gasteiger partial charge on any atom is -0.481 e. The van der Waals surface area contributed by atoms with Crippen molar-refractivity contribution >= 4 is 5.97 Å². The predicted molar refractivity (Wildman–Crippen MR) is 98.3 cm³/mol. The average Bonchev–Trinajstić information content (AvgIpc) is 2.57. The third-order valence-electron chi connectivity index (χ3n) is 5.00. The van der Waals surface area contributed by atoms with Crippen LogP contribution in [-0.2, 0) is 11.2 Å². The van der Waals surface area contributed by atoms with Gasteiger partial charge in [0.1, 0.15) is 0 Å². The van der Waals surface area contributed by atoms with Crippen LogP contribution in [0, 0.1) is 5.92 Å². The van der Waals surface area contributed by atoms with E-state index in [1.165, 1.54) is 5.56 Å². The van der Waals surface area contributed by atoms with Crippen LogP contribution >= 0.6 is 0 Å². The zero-order chi connectivity index (χ0) is 18.1. The summed E-state index contributed by atoms with van der Waals surface area (Å²) < 4.78 is 0. The summed E-state index contributed by atoms with van der Waals surface area (Å²) in [4.78, 5) is 10.9. The quantitative estimate of drug-likeness (QED) is 0.470. The van der Waals surface area contributed by atoms with E-state index in [0.717, 1.165) is 38.5 Å². The van der Waals surface area contributed by atoms with Gasteiger partial charge in [0.25, 0.3) is 0 Å². The smallest absolute Gasteiger partial charge is 0.306 e. The lowest BCUT2D eigenvalue weighted by atomic mass is 9.76. The molecular weight excluding hydrogens is 316 g/mol. The van der Waals surface area contributed by atoms with Gasteiger partial charge in [-0.15, -0.1) is 0 Å². The number of carbonyl (C=O) groups is 1. The van der Waals surface area contributed by atoms with Crippen molar-refractivity contribution in [2.45, 2.75) is 69.5 Å². The van der Waals surface area contributed by atoms with Crippen molar-refractivity contribution in [1.82, 2.24) is 0 Å². The van der Waals surface area contributed by atoms with Gasteiger partial charge in [0.05, 0.1) is 18.1 Å². The number of aliphatic carboxylic acids is 1. The van der Waals surface area contributed by atoms with Crippen molar-refractivity contribution < 1.29 is 20.1 Å². The van der Waals surface area contributed by atoms with Crippen molar-refractivity contribution in [3.63, 3.8) is 0 Å². The van der Waals surface area contributed by atoms with Gasteiger partial charge < -0.3 is 15.3 Å². The molecule has 0 bridgehead atoms. The molecule has 3 N–H and O–H groups in total. The van der Waals surface area contributed by atoms with Crippen LogP contribution in [0.2, 0.25) is 0 Å². The molecule has 1 aromatic carbocycles. The van der Waals surface area contributed by atoms with Crippen LogP contribution in [-0.4, -0.2) is 33.0 Å². The molecular formula is C21H30O4. The summed E-state index contributed by atoms with van der Waals surface area (Å²) >= 11 is 0. The Morgan fingerprint density at radius 2 is 2.04 bits per heavy atom. The first-order valence-electron chi connectivity index (χ1n) is 9.31. The molecule has 138 valence electrons. The van der Waals surface area contributed by atoms with Crippen molar-refractivity contribution in [3.8, 4) is 0 Å². The second-order valence-corrected chi connectivity index (χ2v) is 7.33. The largest absolute Gasteiger partial charge is 0.481 e. The topological polar surface area (TPSA) is 77.8 Å². The molecule has 1 aliphatic carbocycles. The average molecular weight is 346 g/mol. The summed E-state index contributed by atoms with van der Waals surface area (Å²) in [5.41, 5.74) is 0.229. The Morgan fingerprint density at radius 3 is 2.76 bits per heavy atom. The Balaban J connectivity index is 1.68. The molecule has 3 atom stereocenters. The van der Waals surface area contributed by atoms with Gasteiger partial charge in [0.15, 0.2) is 0 Å². The molecule has 4 heteroatoms. The van der Waals surface area contributed by atoms with Crippen LogP contribution in [0.1, 0.15) is 56.9 Å². The van der Waals surface area contributed by atoms with E-state index in [1.54, 1.807) is 0 Å². The van der Waals surface area contributed by atoms with Gasteiger partial charge >= 0.3 is 5.97 Å². The maximum Gasteiger partial charge on any atom is 0.306 e. The fourth-order valence-corrected chi connectivity index (χ4v) is 3.70. The molecule has 1 saturated carbocycles. The van der Waals surface area contributed by atoms with Crippen LogP contribution in [0.5, 0.6) is 0 Å². The number of hydrogen-bond donors (Lipinski definition) is 3. The van der Waals surface area contributed by atoms with Crippen molar-refractivity contribution in [1.29, 1.82) is 0 Å². The first-order chi connectivity index (χ1) is 12.0. The second-order valence-electron chi connectivity index (χ2n) is 7.33. The number of aryl methyl sites for hydroxylation is 1. The molecule has 0 spiro atoms. The van der Waals surface area contributed by atoms with Crippen molar-refractivity contribution in [2.75, 3.05) is 0 Å². The summed E-state index contributed by atoms with van der Waals surface area (Å²) in [6.07, 6.45) is 9.69. The number of aliphatic hydroxyl groups is 2. The number of carboxylic acids is 1. The van der Waals surface area contributed by atoms with E-state index in [2.05, 4.69) is 12.1 Å². The fraction of sp³-hybridized carbons (Fsp3) is 0.571. The third kappa shape index (κ3) is 7.41. The van der Waals surface area contributed by atoms with Crippen LogP contribution in [0.25, 0.3) is 0 Å². The molecule has 0 saturated heterocycles. The summed E-state index contributed by atoms with van der Waals surface area (Å²) in [5, 5.41) is 29.4. The lowest BCUT2D eigenvalue weighted by Crippen LogP contribution is -2.37. The molecule has 0 unspecified atom stereocenters. The number of benzene rings is 1. The molecule has 1 fully saturated rings. The lowest BCUT2D eigenvalue weighted by molar-refractivity contribution is -0.144. The summed E-state index contributed by atoms with van der Waals surface area (Å²) in [5.74, 6) is -0.803. The molecule has 0 aromatic heterocycles. The predicted octanol–water partition coefficient (Wildman–Crippen LogP) is 3.71. The second kappa shape index (κ2) is 9.73. The number of carboxylic acid groups (broad SMARTS) is 1. The first kappa shape index (κ1) is 19.7. The highest BCUT2D eigenvalue weighted by atomic mass is 16.4. The number of aliphatic hydroxyl groups excluding tert-OH is 1. The zero-order valence-electron chi connectivity index (χ0n) is 14.8. The van der Waals surface area contributed by atoms with Gasteiger partial charge in [-0.2, -0.15) is 0 Å². The molecule has 1 aromatic rings. The molecule has 0 heterocycles. The van der Waals surface area contributed by atoms with Crippen LogP contribution < -0.4 is 0 Å². The monoisotopic (exact) mass is 346 g/mol. The Bertz CT molecular complexity index is 554. The van der Waals surface area contributed by atoms with Crippen LogP contribution in [0.15, 0.2) is 42.5 Å². The molecule has 0 amide bonds.